The highest BCUT2D eigenvalue weighted by molar-refractivity contribution is 5.93. The van der Waals surface area contributed by atoms with E-state index >= 15 is 0 Å². The summed E-state index contributed by atoms with van der Waals surface area (Å²) in [6, 6.07) is 7.97. The third-order valence-electron chi connectivity index (χ3n) is 8.14. The van der Waals surface area contributed by atoms with Crippen molar-refractivity contribution in [3.63, 3.8) is 0 Å². The maximum absolute atomic E-state index is 12.9. The quantitative estimate of drug-likeness (QED) is 0.707. The maximum Gasteiger partial charge on any atom is 0.312 e. The number of anilines is 2. The lowest BCUT2D eigenvalue weighted by molar-refractivity contribution is -0.172. The summed E-state index contributed by atoms with van der Waals surface area (Å²) < 4.78 is 5.54. The van der Waals surface area contributed by atoms with Gasteiger partial charge in [0.2, 0.25) is 0 Å². The highest BCUT2D eigenvalue weighted by atomic mass is 16.5. The zero-order valence-corrected chi connectivity index (χ0v) is 18.6. The van der Waals surface area contributed by atoms with E-state index in [1.54, 1.807) is 0 Å². The van der Waals surface area contributed by atoms with Crippen molar-refractivity contribution in [1.82, 2.24) is 4.90 Å². The summed E-state index contributed by atoms with van der Waals surface area (Å²) >= 11 is 0. The molecule has 6 nitrogen and oxygen atoms in total. The van der Waals surface area contributed by atoms with Gasteiger partial charge in [0.25, 0.3) is 5.91 Å². The second-order valence-electron chi connectivity index (χ2n) is 10.3. The lowest BCUT2D eigenvalue weighted by Gasteiger charge is -2.55. The number of nitrogens with zero attached hydrogens (tertiary/aromatic N) is 2. The number of ether oxygens (including phenoxy) is 1. The van der Waals surface area contributed by atoms with Crippen molar-refractivity contribution in [3.05, 3.63) is 24.3 Å². The van der Waals surface area contributed by atoms with Crippen LogP contribution in [0.3, 0.4) is 0 Å². The number of hydrogen-bond donors (Lipinski definition) is 1. The van der Waals surface area contributed by atoms with Crippen LogP contribution in [0.2, 0.25) is 0 Å². The van der Waals surface area contributed by atoms with Crippen LogP contribution < -0.4 is 10.2 Å². The minimum atomic E-state index is -0.307. The molecular weight excluding hydrogens is 390 g/mol. The Hall–Kier alpha value is -2.08. The Morgan fingerprint density at radius 2 is 1.55 bits per heavy atom. The van der Waals surface area contributed by atoms with Crippen LogP contribution in [0.15, 0.2) is 24.3 Å². The predicted octanol–water partition coefficient (Wildman–Crippen LogP) is 3.53. The van der Waals surface area contributed by atoms with Gasteiger partial charge in [-0.15, -0.1) is 0 Å². The maximum atomic E-state index is 12.9. The first-order valence-electron chi connectivity index (χ1n) is 12.1. The summed E-state index contributed by atoms with van der Waals surface area (Å²) in [4.78, 5) is 30.1. The van der Waals surface area contributed by atoms with Gasteiger partial charge < -0.3 is 19.9 Å². The van der Waals surface area contributed by atoms with Gasteiger partial charge in [0.05, 0.1) is 5.41 Å². The molecule has 1 amide bonds. The van der Waals surface area contributed by atoms with Crippen LogP contribution in [0.1, 0.15) is 45.4 Å². The minimum absolute atomic E-state index is 0.136. The number of rotatable bonds is 6. The Kier molecular flexibility index (Phi) is 5.67. The smallest absolute Gasteiger partial charge is 0.312 e. The SMILES string of the molecule is CCN1CCN(c2ccc(NC(=O)COC(=O)C34CC5CC(CC(C5)C3)C4)cc2)CC1. The first-order valence-corrected chi connectivity index (χ1v) is 12.1. The molecular formula is C25H35N3O3. The topological polar surface area (TPSA) is 61.9 Å². The van der Waals surface area contributed by atoms with Gasteiger partial charge in [-0.25, -0.2) is 0 Å². The molecule has 4 saturated carbocycles. The van der Waals surface area contributed by atoms with E-state index in [0.29, 0.717) is 17.8 Å². The van der Waals surface area contributed by atoms with Crippen LogP contribution in [-0.2, 0) is 14.3 Å². The molecule has 0 radical (unpaired) electrons. The zero-order chi connectivity index (χ0) is 21.4. The van der Waals surface area contributed by atoms with Crippen LogP contribution in [0.5, 0.6) is 0 Å². The monoisotopic (exact) mass is 425 g/mol. The minimum Gasteiger partial charge on any atom is -0.455 e. The average Bonchev–Trinajstić information content (AvgIpc) is 2.77. The molecule has 31 heavy (non-hydrogen) atoms. The van der Waals surface area contributed by atoms with E-state index in [2.05, 4.69) is 34.2 Å². The van der Waals surface area contributed by atoms with E-state index in [-0.39, 0.29) is 23.9 Å². The van der Waals surface area contributed by atoms with Crippen LogP contribution in [0.4, 0.5) is 11.4 Å². The van der Waals surface area contributed by atoms with Gasteiger partial charge in [0.1, 0.15) is 0 Å². The van der Waals surface area contributed by atoms with Gasteiger partial charge in [-0.3, -0.25) is 9.59 Å². The van der Waals surface area contributed by atoms with Gasteiger partial charge in [-0.05, 0) is 87.1 Å². The van der Waals surface area contributed by atoms with E-state index in [4.69, 9.17) is 4.74 Å². The van der Waals surface area contributed by atoms with Crippen molar-refractivity contribution in [2.45, 2.75) is 45.4 Å². The van der Waals surface area contributed by atoms with Gasteiger partial charge >= 0.3 is 5.97 Å². The summed E-state index contributed by atoms with van der Waals surface area (Å²) in [5.74, 6) is 1.67. The molecule has 0 aromatic heterocycles. The fourth-order valence-electron chi connectivity index (χ4n) is 6.92. The molecule has 5 aliphatic rings. The Morgan fingerprint density at radius 1 is 0.968 bits per heavy atom. The second-order valence-corrected chi connectivity index (χ2v) is 10.3. The molecule has 6 rings (SSSR count). The first kappa shape index (κ1) is 20.8. The van der Waals surface area contributed by atoms with E-state index in [0.717, 1.165) is 57.7 Å². The molecule has 4 aliphatic carbocycles. The zero-order valence-electron chi connectivity index (χ0n) is 18.6. The number of carbonyl (C=O) groups excluding carboxylic acids is 2. The molecule has 1 N–H and O–H groups in total. The van der Waals surface area contributed by atoms with E-state index in [1.165, 1.54) is 24.9 Å². The molecule has 6 heteroatoms. The summed E-state index contributed by atoms with van der Waals surface area (Å²) in [5.41, 5.74) is 1.62. The van der Waals surface area contributed by atoms with Crippen LogP contribution in [0, 0.1) is 23.2 Å². The summed E-state index contributed by atoms with van der Waals surface area (Å²) in [7, 11) is 0. The first-order chi connectivity index (χ1) is 15.0. The fourth-order valence-corrected chi connectivity index (χ4v) is 6.92. The molecule has 0 atom stereocenters. The van der Waals surface area contributed by atoms with E-state index in [1.807, 2.05) is 12.1 Å². The Labute approximate surface area is 185 Å². The number of benzene rings is 1. The number of amides is 1. The van der Waals surface area contributed by atoms with Gasteiger partial charge in [-0.2, -0.15) is 0 Å². The third kappa shape index (κ3) is 4.32. The van der Waals surface area contributed by atoms with Gasteiger partial charge in [-0.1, -0.05) is 6.92 Å². The number of esters is 1. The number of likely N-dealkylation sites (N-methyl/N-ethyl adjacent to an activating group) is 1. The lowest BCUT2D eigenvalue weighted by atomic mass is 9.49. The summed E-state index contributed by atoms with van der Waals surface area (Å²) in [6.45, 7) is 7.34. The standard InChI is InChI=1S/C25H35N3O3/c1-2-27-7-9-28(10-8-27)22-5-3-21(4-6-22)26-23(29)17-31-24(30)25-14-18-11-19(15-25)13-20(12-18)16-25/h3-6,18-20H,2,7-17H2,1H3,(H,26,29). The molecule has 1 heterocycles. The predicted molar refractivity (Wildman–Crippen MR) is 121 cm³/mol. The van der Waals surface area contributed by atoms with Crippen LogP contribution in [-0.4, -0.2) is 56.1 Å². The van der Waals surface area contributed by atoms with E-state index < -0.39 is 0 Å². The van der Waals surface area contributed by atoms with Crippen LogP contribution in [0.25, 0.3) is 0 Å². The average molecular weight is 426 g/mol. The largest absolute Gasteiger partial charge is 0.455 e. The fraction of sp³-hybridized carbons (Fsp3) is 0.680. The Bertz CT molecular complexity index is 779. The normalized spacial score (nSPS) is 32.2. The molecule has 1 saturated heterocycles. The number of nitrogens with one attached hydrogen (secondary N) is 1. The molecule has 1 aromatic carbocycles. The summed E-state index contributed by atoms with van der Waals surface area (Å²) in [6.07, 6.45) is 6.76. The molecule has 4 bridgehead atoms. The lowest BCUT2D eigenvalue weighted by Crippen LogP contribution is -2.50. The molecule has 168 valence electrons. The number of hydrogen-bond acceptors (Lipinski definition) is 5. The van der Waals surface area contributed by atoms with Gasteiger partial charge in [0.15, 0.2) is 6.61 Å². The van der Waals surface area contributed by atoms with Crippen molar-refractivity contribution < 1.29 is 14.3 Å². The van der Waals surface area contributed by atoms with Gasteiger partial charge in [0, 0.05) is 37.6 Å². The van der Waals surface area contributed by atoms with Crippen molar-refractivity contribution in [3.8, 4) is 0 Å². The highest BCUT2D eigenvalue weighted by Gasteiger charge is 2.55. The van der Waals surface area contributed by atoms with Crippen molar-refractivity contribution in [2.24, 2.45) is 23.2 Å². The Balaban J connectivity index is 1.11. The molecule has 0 unspecified atom stereocenters. The van der Waals surface area contributed by atoms with Crippen LogP contribution >= 0.6 is 0 Å². The molecule has 0 spiro atoms. The Morgan fingerprint density at radius 3 is 2.10 bits per heavy atom. The third-order valence-corrected chi connectivity index (χ3v) is 8.14. The molecule has 5 fully saturated rings. The number of carbonyl (C=O) groups is 2. The number of piperazine rings is 1. The van der Waals surface area contributed by atoms with Crippen molar-refractivity contribution in [2.75, 3.05) is 49.5 Å². The second kappa shape index (κ2) is 8.45. The molecule has 1 aliphatic heterocycles. The summed E-state index contributed by atoms with van der Waals surface area (Å²) in [5, 5.41) is 2.87. The highest BCUT2D eigenvalue weighted by Crippen LogP contribution is 2.60. The molecule has 1 aromatic rings. The van der Waals surface area contributed by atoms with Crippen molar-refractivity contribution >= 4 is 23.3 Å². The van der Waals surface area contributed by atoms with Crippen molar-refractivity contribution in [1.29, 1.82) is 0 Å². The van der Waals surface area contributed by atoms with E-state index in [9.17, 15) is 9.59 Å².